The molecule has 1 aliphatic heterocycles. The zero-order valence-electron chi connectivity index (χ0n) is 18.5. The molecule has 1 heterocycles. The number of anilines is 2. The molecule has 0 radical (unpaired) electrons. The van der Waals surface area contributed by atoms with Gasteiger partial charge in [0.2, 0.25) is 15.9 Å². The predicted molar refractivity (Wildman–Crippen MR) is 123 cm³/mol. The van der Waals surface area contributed by atoms with Gasteiger partial charge in [0.25, 0.3) is 0 Å². The average molecular weight is 448 g/mol. The molecule has 1 saturated heterocycles. The van der Waals surface area contributed by atoms with Crippen LogP contribution in [0.3, 0.4) is 0 Å². The van der Waals surface area contributed by atoms with Crippen LogP contribution in [-0.4, -0.2) is 57.7 Å². The van der Waals surface area contributed by atoms with Crippen LogP contribution in [-0.2, 0) is 14.8 Å². The molecule has 0 saturated carbocycles. The molecule has 1 unspecified atom stereocenters. The van der Waals surface area contributed by atoms with Crippen molar-refractivity contribution in [3.63, 3.8) is 0 Å². The summed E-state index contributed by atoms with van der Waals surface area (Å²) in [6.45, 7) is 8.37. The van der Waals surface area contributed by atoms with E-state index in [1.807, 2.05) is 6.07 Å². The molecule has 168 valence electrons. The van der Waals surface area contributed by atoms with Gasteiger partial charge in [0.05, 0.1) is 11.9 Å². The lowest BCUT2D eigenvalue weighted by molar-refractivity contribution is -0.132. The number of hydrogen-bond acceptors (Lipinski definition) is 4. The van der Waals surface area contributed by atoms with E-state index in [0.29, 0.717) is 32.6 Å². The number of piperazine rings is 1. The molecule has 6 nitrogen and oxygen atoms in total. The van der Waals surface area contributed by atoms with Gasteiger partial charge in [0, 0.05) is 31.9 Å². The van der Waals surface area contributed by atoms with Gasteiger partial charge in [-0.2, -0.15) is 0 Å². The summed E-state index contributed by atoms with van der Waals surface area (Å²) in [7, 11) is -3.74. The van der Waals surface area contributed by atoms with Gasteiger partial charge in [-0.1, -0.05) is 19.1 Å². The first kappa shape index (κ1) is 23.1. The zero-order chi connectivity index (χ0) is 22.8. The van der Waals surface area contributed by atoms with Crippen molar-refractivity contribution >= 4 is 27.3 Å². The van der Waals surface area contributed by atoms with Gasteiger partial charge in [-0.3, -0.25) is 9.10 Å². The summed E-state index contributed by atoms with van der Waals surface area (Å²) < 4.78 is 39.6. The van der Waals surface area contributed by atoms with Crippen molar-refractivity contribution in [3.05, 3.63) is 59.4 Å². The third kappa shape index (κ3) is 5.01. The minimum atomic E-state index is -3.74. The Labute approximate surface area is 184 Å². The lowest BCUT2D eigenvalue weighted by atomic mass is 10.1. The molecule has 31 heavy (non-hydrogen) atoms. The van der Waals surface area contributed by atoms with E-state index >= 15 is 0 Å². The molecule has 1 aliphatic rings. The summed E-state index contributed by atoms with van der Waals surface area (Å²) in [5.41, 5.74) is 3.92. The van der Waals surface area contributed by atoms with Gasteiger partial charge >= 0.3 is 0 Å². The van der Waals surface area contributed by atoms with E-state index < -0.39 is 21.9 Å². The van der Waals surface area contributed by atoms with Crippen molar-refractivity contribution in [1.82, 2.24) is 4.90 Å². The highest BCUT2D eigenvalue weighted by molar-refractivity contribution is 7.92. The Morgan fingerprint density at radius 1 is 1.06 bits per heavy atom. The molecule has 2 aromatic carbocycles. The summed E-state index contributed by atoms with van der Waals surface area (Å²) >= 11 is 0. The van der Waals surface area contributed by atoms with Crippen LogP contribution in [0.5, 0.6) is 0 Å². The van der Waals surface area contributed by atoms with Gasteiger partial charge in [0.15, 0.2) is 0 Å². The highest BCUT2D eigenvalue weighted by Crippen LogP contribution is 2.26. The van der Waals surface area contributed by atoms with Crippen molar-refractivity contribution in [2.75, 3.05) is 41.6 Å². The smallest absolute Gasteiger partial charge is 0.246 e. The van der Waals surface area contributed by atoms with Crippen LogP contribution in [0.2, 0.25) is 0 Å². The molecule has 0 aromatic heterocycles. The largest absolute Gasteiger partial charge is 0.368 e. The second-order valence-electron chi connectivity index (χ2n) is 7.99. The Balaban J connectivity index is 1.78. The molecule has 1 fully saturated rings. The van der Waals surface area contributed by atoms with Crippen molar-refractivity contribution in [3.8, 4) is 0 Å². The van der Waals surface area contributed by atoms with Gasteiger partial charge in [-0.05, 0) is 61.7 Å². The number of carbonyl (C=O) groups is 1. The molecule has 0 aliphatic carbocycles. The van der Waals surface area contributed by atoms with Crippen molar-refractivity contribution in [2.45, 2.75) is 33.2 Å². The van der Waals surface area contributed by atoms with Crippen LogP contribution >= 0.6 is 0 Å². The standard InChI is InChI=1S/C23H30FN3O3S/c1-5-21(27(31(4,29)30)20-11-9-19(24)10-12-20)23(28)26-15-13-25(14-16-26)22-8-6-7-17(2)18(22)3/h6-12,21H,5,13-16H2,1-4H3. The van der Waals surface area contributed by atoms with Crippen molar-refractivity contribution < 1.29 is 17.6 Å². The number of nitrogens with zero attached hydrogens (tertiary/aromatic N) is 3. The Kier molecular flexibility index (Phi) is 6.89. The highest BCUT2D eigenvalue weighted by Gasteiger charge is 2.35. The van der Waals surface area contributed by atoms with E-state index in [2.05, 4.69) is 30.9 Å². The van der Waals surface area contributed by atoms with E-state index in [9.17, 15) is 17.6 Å². The molecule has 0 spiro atoms. The first-order valence-electron chi connectivity index (χ1n) is 10.5. The molecule has 3 rings (SSSR count). The van der Waals surface area contributed by atoms with Gasteiger partial charge in [-0.15, -0.1) is 0 Å². The average Bonchev–Trinajstić information content (AvgIpc) is 2.74. The predicted octanol–water partition coefficient (Wildman–Crippen LogP) is 3.34. The van der Waals surface area contributed by atoms with Crippen molar-refractivity contribution in [2.24, 2.45) is 0 Å². The van der Waals surface area contributed by atoms with E-state index in [0.717, 1.165) is 10.6 Å². The maximum absolute atomic E-state index is 13.4. The molecule has 1 atom stereocenters. The molecule has 2 aromatic rings. The minimum absolute atomic E-state index is 0.224. The fraction of sp³-hybridized carbons (Fsp3) is 0.435. The summed E-state index contributed by atoms with van der Waals surface area (Å²) in [6, 6.07) is 10.5. The summed E-state index contributed by atoms with van der Waals surface area (Å²) in [5, 5.41) is 0. The van der Waals surface area contributed by atoms with E-state index in [1.165, 1.54) is 41.1 Å². The Hall–Kier alpha value is -2.61. The van der Waals surface area contributed by atoms with E-state index in [-0.39, 0.29) is 11.6 Å². The molecular formula is C23H30FN3O3S. The van der Waals surface area contributed by atoms with E-state index in [1.54, 1.807) is 11.8 Å². The van der Waals surface area contributed by atoms with E-state index in [4.69, 9.17) is 0 Å². The van der Waals surface area contributed by atoms with Crippen LogP contribution in [0.25, 0.3) is 0 Å². The second-order valence-corrected chi connectivity index (χ2v) is 9.85. The number of sulfonamides is 1. The number of carbonyl (C=O) groups excluding carboxylic acids is 1. The molecule has 0 bridgehead atoms. The lowest BCUT2D eigenvalue weighted by Gasteiger charge is -2.40. The molecular weight excluding hydrogens is 417 g/mol. The van der Waals surface area contributed by atoms with Gasteiger partial charge in [0.1, 0.15) is 11.9 Å². The number of amides is 1. The highest BCUT2D eigenvalue weighted by atomic mass is 32.2. The van der Waals surface area contributed by atoms with Crippen LogP contribution in [0.4, 0.5) is 15.8 Å². The van der Waals surface area contributed by atoms with Crippen LogP contribution < -0.4 is 9.21 Å². The topological polar surface area (TPSA) is 60.9 Å². The number of hydrogen-bond donors (Lipinski definition) is 0. The molecule has 8 heteroatoms. The van der Waals surface area contributed by atoms with Crippen LogP contribution in [0.15, 0.2) is 42.5 Å². The quantitative estimate of drug-likeness (QED) is 0.682. The SMILES string of the molecule is CCC(C(=O)N1CCN(c2cccc(C)c2C)CC1)N(c1ccc(F)cc1)S(C)(=O)=O. The molecule has 1 amide bonds. The Morgan fingerprint density at radius 3 is 2.23 bits per heavy atom. The fourth-order valence-corrected chi connectivity index (χ4v) is 5.29. The number of rotatable bonds is 6. The summed E-state index contributed by atoms with van der Waals surface area (Å²) in [5.74, 6) is -0.683. The number of benzene rings is 2. The maximum Gasteiger partial charge on any atom is 0.246 e. The third-order valence-electron chi connectivity index (χ3n) is 5.90. The third-order valence-corrected chi connectivity index (χ3v) is 7.08. The van der Waals surface area contributed by atoms with Crippen LogP contribution in [0, 0.1) is 19.7 Å². The lowest BCUT2D eigenvalue weighted by Crippen LogP contribution is -2.56. The summed E-state index contributed by atoms with van der Waals surface area (Å²) in [6.07, 6.45) is 1.39. The van der Waals surface area contributed by atoms with Crippen molar-refractivity contribution in [1.29, 1.82) is 0 Å². The Bertz CT molecular complexity index is 1030. The monoisotopic (exact) mass is 447 g/mol. The first-order chi connectivity index (χ1) is 14.6. The van der Waals surface area contributed by atoms with Crippen LogP contribution in [0.1, 0.15) is 24.5 Å². The van der Waals surface area contributed by atoms with Gasteiger partial charge in [-0.25, -0.2) is 12.8 Å². The second kappa shape index (κ2) is 9.26. The fourth-order valence-electron chi connectivity index (χ4n) is 4.09. The minimum Gasteiger partial charge on any atom is -0.368 e. The molecule has 0 N–H and O–H groups in total. The number of aryl methyl sites for hydroxylation is 1. The number of halogens is 1. The Morgan fingerprint density at radius 2 is 1.68 bits per heavy atom. The normalized spacial score (nSPS) is 15.6. The zero-order valence-corrected chi connectivity index (χ0v) is 19.3. The first-order valence-corrected chi connectivity index (χ1v) is 12.3. The van der Waals surface area contributed by atoms with Gasteiger partial charge < -0.3 is 9.80 Å². The summed E-state index contributed by atoms with van der Waals surface area (Å²) in [4.78, 5) is 17.3. The maximum atomic E-state index is 13.4.